The Bertz CT molecular complexity index is 1370. The quantitative estimate of drug-likeness (QED) is 0.148. The maximum Gasteiger partial charge on any atom is 0.410 e. The monoisotopic (exact) mass is 726 g/mol. The second-order valence-electron chi connectivity index (χ2n) is 13.5. The van der Waals surface area contributed by atoms with E-state index in [0.29, 0.717) is 51.2 Å². The second-order valence-corrected chi connectivity index (χ2v) is 15.6. The van der Waals surface area contributed by atoms with Crippen molar-refractivity contribution in [2.75, 3.05) is 19.7 Å². The molecule has 0 saturated heterocycles. The first kappa shape index (κ1) is 36.4. The molecule has 0 spiro atoms. The van der Waals surface area contributed by atoms with Gasteiger partial charge in [-0.05, 0) is 94.4 Å². The first-order valence-electron chi connectivity index (χ1n) is 16.0. The SMILES string of the molecule is C[Si]OC(O[Si]C)C(C)(C)CCOc1ccc(C2=C(C(=O)N(Cc3ccccc3Br)C3CC3)CN(C(=O)OC(C)(C)C)CC2)cc1. The van der Waals surface area contributed by atoms with E-state index < -0.39 is 11.7 Å². The maximum atomic E-state index is 14.4. The zero-order chi connectivity index (χ0) is 33.5. The summed E-state index contributed by atoms with van der Waals surface area (Å²) in [6.45, 7) is 15.6. The van der Waals surface area contributed by atoms with Gasteiger partial charge in [0.05, 0.1) is 13.2 Å². The van der Waals surface area contributed by atoms with Gasteiger partial charge in [-0.3, -0.25) is 4.79 Å². The van der Waals surface area contributed by atoms with Crippen molar-refractivity contribution in [2.45, 2.75) is 97.9 Å². The van der Waals surface area contributed by atoms with Crippen LogP contribution in [0.1, 0.15) is 71.4 Å². The zero-order valence-electron chi connectivity index (χ0n) is 28.2. The smallest absolute Gasteiger partial charge is 0.410 e. The summed E-state index contributed by atoms with van der Waals surface area (Å²) in [5.41, 5.74) is 2.81. The Hall–Kier alpha value is -2.45. The van der Waals surface area contributed by atoms with Crippen LogP contribution in [0.3, 0.4) is 0 Å². The third kappa shape index (κ3) is 10.0. The van der Waals surface area contributed by atoms with Gasteiger partial charge in [-0.25, -0.2) is 4.79 Å². The van der Waals surface area contributed by atoms with Crippen molar-refractivity contribution in [1.82, 2.24) is 9.80 Å². The van der Waals surface area contributed by atoms with Crippen molar-refractivity contribution >= 4 is 53.0 Å². The van der Waals surface area contributed by atoms with Gasteiger partial charge in [0, 0.05) is 34.6 Å². The number of hydrogen-bond donors (Lipinski definition) is 0. The van der Waals surface area contributed by atoms with E-state index in [9.17, 15) is 9.59 Å². The molecule has 2 aromatic rings. The fourth-order valence-electron chi connectivity index (χ4n) is 5.36. The lowest BCUT2D eigenvalue weighted by molar-refractivity contribution is -0.128. The van der Waals surface area contributed by atoms with Gasteiger partial charge in [0.1, 0.15) is 17.6 Å². The summed E-state index contributed by atoms with van der Waals surface area (Å²) in [5, 5.41) is 0. The minimum Gasteiger partial charge on any atom is -0.494 e. The normalized spacial score (nSPS) is 15.7. The molecule has 0 bridgehead atoms. The van der Waals surface area contributed by atoms with E-state index in [4.69, 9.17) is 18.3 Å². The minimum absolute atomic E-state index is 0.0246. The van der Waals surface area contributed by atoms with Crippen LogP contribution in [0.4, 0.5) is 4.79 Å². The van der Waals surface area contributed by atoms with Gasteiger partial charge in [0.2, 0.25) is 19.5 Å². The molecule has 1 fully saturated rings. The fraction of sp³-hybridized carbons (Fsp3) is 0.543. The molecule has 4 radical (unpaired) electrons. The molecule has 0 aromatic heterocycles. The highest BCUT2D eigenvalue weighted by atomic mass is 79.9. The van der Waals surface area contributed by atoms with Crippen LogP contribution in [-0.2, 0) is 24.9 Å². The van der Waals surface area contributed by atoms with Gasteiger partial charge in [-0.1, -0.05) is 60.1 Å². The Kier molecular flexibility index (Phi) is 12.7. The van der Waals surface area contributed by atoms with Crippen LogP contribution in [0.25, 0.3) is 5.57 Å². The summed E-state index contributed by atoms with van der Waals surface area (Å²) >= 11 is 3.66. The van der Waals surface area contributed by atoms with Gasteiger partial charge in [-0.15, -0.1) is 0 Å². The second kappa shape index (κ2) is 16.1. The Morgan fingerprint density at radius 3 is 2.24 bits per heavy atom. The molecule has 0 N–H and O–H groups in total. The van der Waals surface area contributed by atoms with Crippen LogP contribution in [0, 0.1) is 5.41 Å². The first-order valence-corrected chi connectivity index (χ1v) is 19.6. The lowest BCUT2D eigenvalue weighted by Crippen LogP contribution is -2.44. The first-order chi connectivity index (χ1) is 21.8. The number of halogens is 1. The van der Waals surface area contributed by atoms with Gasteiger partial charge in [-0.2, -0.15) is 0 Å². The van der Waals surface area contributed by atoms with E-state index in [1.54, 1.807) is 4.90 Å². The van der Waals surface area contributed by atoms with Gasteiger partial charge < -0.3 is 28.1 Å². The summed E-state index contributed by atoms with van der Waals surface area (Å²) < 4.78 is 24.6. The molecule has 248 valence electrons. The molecule has 0 unspecified atom stereocenters. The maximum absolute atomic E-state index is 14.4. The number of rotatable bonds is 14. The third-order valence-electron chi connectivity index (χ3n) is 8.11. The van der Waals surface area contributed by atoms with Crippen LogP contribution in [0.2, 0.25) is 13.1 Å². The lowest BCUT2D eigenvalue weighted by atomic mass is 9.89. The molecule has 2 aromatic carbocycles. The number of nitrogens with zero attached hydrogens (tertiary/aromatic N) is 2. The van der Waals surface area contributed by atoms with E-state index >= 15 is 0 Å². The predicted octanol–water partition coefficient (Wildman–Crippen LogP) is 7.52. The van der Waals surface area contributed by atoms with Crippen LogP contribution in [0.15, 0.2) is 58.6 Å². The molecule has 1 aliphatic heterocycles. The standard InChI is InChI=1S/C35H47BrN2O6Si2/c1-34(2,3)42-33(40)37-20-18-28(29(23-37)31(39)38(26-14-15-26)22-25-10-8-9-11-30(25)36)24-12-16-27(17-13-24)41-21-19-35(4,5)32(43-45-6)44-46-7/h8-13,16-17,26,32H,14-15,18-23H2,1-7H3. The Morgan fingerprint density at radius 2 is 1.65 bits per heavy atom. The fourth-order valence-corrected chi connectivity index (χ4v) is 7.03. The van der Waals surface area contributed by atoms with Crippen LogP contribution >= 0.6 is 15.9 Å². The summed E-state index contributed by atoms with van der Waals surface area (Å²) in [5.74, 6) is 0.740. The summed E-state index contributed by atoms with van der Waals surface area (Å²) in [6, 6.07) is 16.2. The average molecular weight is 728 g/mol. The van der Waals surface area contributed by atoms with Gasteiger partial charge >= 0.3 is 6.09 Å². The van der Waals surface area contributed by atoms with Crippen molar-refractivity contribution in [3.05, 3.63) is 69.7 Å². The van der Waals surface area contributed by atoms with E-state index in [2.05, 4.69) is 29.8 Å². The van der Waals surface area contributed by atoms with Crippen LogP contribution < -0.4 is 4.74 Å². The number of carbonyl (C=O) groups excluding carboxylic acids is 2. The van der Waals surface area contributed by atoms with Crippen molar-refractivity contribution in [3.63, 3.8) is 0 Å². The Balaban J connectivity index is 1.56. The summed E-state index contributed by atoms with van der Waals surface area (Å²) in [4.78, 5) is 31.2. The van der Waals surface area contributed by atoms with E-state index in [1.165, 1.54) is 0 Å². The number of carbonyl (C=O) groups is 2. The molecule has 11 heteroatoms. The van der Waals surface area contributed by atoms with E-state index in [1.807, 2.05) is 87.3 Å². The van der Waals surface area contributed by atoms with Crippen molar-refractivity contribution < 1.29 is 27.9 Å². The predicted molar refractivity (Wildman–Crippen MR) is 187 cm³/mol. The molecule has 1 heterocycles. The topological polar surface area (TPSA) is 77.5 Å². The molecular weight excluding hydrogens is 680 g/mol. The molecule has 8 nitrogen and oxygen atoms in total. The van der Waals surface area contributed by atoms with E-state index in [-0.39, 0.29) is 30.2 Å². The molecule has 2 aliphatic rings. The van der Waals surface area contributed by atoms with Crippen LogP contribution in [0.5, 0.6) is 5.75 Å². The average Bonchev–Trinajstić information content (AvgIpc) is 3.85. The molecule has 1 aliphatic carbocycles. The number of hydrogen-bond acceptors (Lipinski definition) is 6. The van der Waals surface area contributed by atoms with Crippen LogP contribution in [-0.4, -0.2) is 79.0 Å². The molecule has 1 saturated carbocycles. The summed E-state index contributed by atoms with van der Waals surface area (Å²) in [6.07, 6.45) is 2.62. The number of ether oxygens (including phenoxy) is 2. The highest BCUT2D eigenvalue weighted by Crippen LogP contribution is 2.36. The highest BCUT2D eigenvalue weighted by molar-refractivity contribution is 9.10. The Labute approximate surface area is 288 Å². The van der Waals surface area contributed by atoms with Gasteiger partial charge in [0.15, 0.2) is 0 Å². The zero-order valence-corrected chi connectivity index (χ0v) is 31.7. The van der Waals surface area contributed by atoms with E-state index in [0.717, 1.165) is 46.2 Å². The number of benzene rings is 2. The number of amides is 2. The Morgan fingerprint density at radius 1 is 1.00 bits per heavy atom. The summed E-state index contributed by atoms with van der Waals surface area (Å²) in [7, 11) is 0.716. The molecule has 0 atom stereocenters. The van der Waals surface area contributed by atoms with Crippen molar-refractivity contribution in [3.8, 4) is 5.75 Å². The molecule has 2 amide bonds. The highest BCUT2D eigenvalue weighted by Gasteiger charge is 2.38. The largest absolute Gasteiger partial charge is 0.494 e. The van der Waals surface area contributed by atoms with Crippen molar-refractivity contribution in [2.24, 2.45) is 5.41 Å². The minimum atomic E-state index is -0.621. The molecule has 4 rings (SSSR count). The molecule has 46 heavy (non-hydrogen) atoms. The lowest BCUT2D eigenvalue weighted by Gasteiger charge is -2.34. The third-order valence-corrected chi connectivity index (χ3v) is 9.78. The molecular formula is C35H47BrN2O6Si2. The van der Waals surface area contributed by atoms with Gasteiger partial charge in [0.25, 0.3) is 5.91 Å². The van der Waals surface area contributed by atoms with Crippen molar-refractivity contribution in [1.29, 1.82) is 0 Å².